The fourth-order valence-corrected chi connectivity index (χ4v) is 8.59. The molecular weight excluding hydrogens is 739 g/mol. The van der Waals surface area contributed by atoms with Crippen molar-refractivity contribution in [2.45, 2.75) is 26.7 Å². The molecule has 4 aromatic carbocycles. The molecule has 0 fully saturated rings. The van der Waals surface area contributed by atoms with Crippen molar-refractivity contribution in [2.75, 3.05) is 33.3 Å². The van der Waals surface area contributed by atoms with Gasteiger partial charge in [-0.2, -0.15) is 0 Å². The van der Waals surface area contributed by atoms with Crippen LogP contribution in [0.3, 0.4) is 0 Å². The van der Waals surface area contributed by atoms with Crippen LogP contribution in [0.2, 0.25) is 0 Å². The van der Waals surface area contributed by atoms with Gasteiger partial charge in [-0.1, -0.05) is 68.4 Å². The van der Waals surface area contributed by atoms with Gasteiger partial charge in [0.1, 0.15) is 28.5 Å². The molecule has 4 aromatic rings. The Labute approximate surface area is 315 Å². The molecule has 0 saturated carbocycles. The number of aliphatic carboxylic acids is 4. The molecule has 0 amide bonds. The van der Waals surface area contributed by atoms with Gasteiger partial charge in [0.05, 0.1) is 24.6 Å². The number of benzene rings is 4. The van der Waals surface area contributed by atoms with Gasteiger partial charge in [-0.3, -0.25) is 0 Å². The van der Waals surface area contributed by atoms with E-state index in [0.717, 1.165) is 0 Å². The van der Waals surface area contributed by atoms with Gasteiger partial charge >= 0.3 is 23.0 Å². The average molecular weight is 781 g/mol. The van der Waals surface area contributed by atoms with Crippen molar-refractivity contribution in [3.8, 4) is 0 Å². The van der Waals surface area contributed by atoms with E-state index in [9.17, 15) is 44.4 Å². The summed E-state index contributed by atoms with van der Waals surface area (Å²) in [5, 5.41) is 48.3. The van der Waals surface area contributed by atoms with Gasteiger partial charge in [0.15, 0.2) is 0 Å². The van der Waals surface area contributed by atoms with E-state index in [-0.39, 0.29) is 49.0 Å². The molecule has 0 aliphatic heterocycles. The molecule has 0 heterocycles. The van der Waals surface area contributed by atoms with Crippen molar-refractivity contribution >= 4 is 58.3 Å². The molecule has 0 unspecified atom stereocenters. The summed E-state index contributed by atoms with van der Waals surface area (Å²) in [7, 11) is -0.708. The van der Waals surface area contributed by atoms with E-state index in [1.165, 1.54) is 42.2 Å². The van der Waals surface area contributed by atoms with Gasteiger partial charge in [0.25, 0.3) is 0 Å². The zero-order valence-electron chi connectivity index (χ0n) is 29.0. The van der Waals surface area contributed by atoms with E-state index in [0.29, 0.717) is 18.7 Å². The molecule has 12 nitrogen and oxygen atoms in total. The molecule has 1 radical (unpaired) electrons. The number of hydrogen-bond donors (Lipinski definition) is 2. The van der Waals surface area contributed by atoms with Crippen LogP contribution in [0.5, 0.6) is 0 Å². The third-order valence-electron chi connectivity index (χ3n) is 6.70. The van der Waals surface area contributed by atoms with E-state index in [2.05, 4.69) is 114 Å². The Morgan fingerprint density at radius 3 is 1.06 bits per heavy atom. The molecule has 4 rings (SSSR count). The summed E-state index contributed by atoms with van der Waals surface area (Å²) in [5.41, 5.74) is 0.559. The topological polar surface area (TPSA) is 211 Å². The van der Waals surface area contributed by atoms with E-state index in [1.54, 1.807) is 0 Å². The van der Waals surface area contributed by atoms with Gasteiger partial charge < -0.3 is 55.0 Å². The maximum atomic E-state index is 12.0. The minimum absolute atomic E-state index is 0. The largest absolute Gasteiger partial charge is 2.00 e. The number of methoxy groups -OCH3 is 1. The van der Waals surface area contributed by atoms with Crippen LogP contribution >= 0.6 is 7.26 Å². The summed E-state index contributed by atoms with van der Waals surface area (Å²) < 4.78 is 4.89. The van der Waals surface area contributed by atoms with Crippen molar-refractivity contribution in [3.05, 3.63) is 121 Å². The summed E-state index contributed by atoms with van der Waals surface area (Å²) in [6.45, 7) is 3.37. The average Bonchev–Trinajstić information content (AvgIpc) is 3.15. The van der Waals surface area contributed by atoms with Crippen LogP contribution in [0, 0.1) is 0 Å². The summed E-state index contributed by atoms with van der Waals surface area (Å²) in [6.07, 6.45) is 0.222. The summed E-state index contributed by atoms with van der Waals surface area (Å²) >= 11 is 0. The first kappa shape index (κ1) is 47.1. The van der Waals surface area contributed by atoms with E-state index in [4.69, 9.17) is 4.74 Å². The molecule has 14 heteroatoms. The standard InChI is InChI=1S/C26H22O2P.C6H12N2O4.2C3H6O2.Cu/c1-28-26(27)21-17-19-25(20-18-21)29(22-11-5-2-6-12-22,23-13-7-3-8-14-23)24-15-9-4-10-16-24;9-5(10)3-7-1-2-8-4-6(11)12;2*1-2-3(4)5;/h2-20H,1H3;7-8H,1-4H2,(H,9,10)(H,11,12);2*2H2,1H3,(H,4,5);/q+1;;;;+2/p-4. The van der Waals surface area contributed by atoms with Crippen LogP contribution in [0.25, 0.3) is 0 Å². The third-order valence-corrected chi connectivity index (χ3v) is 11.0. The normalized spacial score (nSPS) is 9.83. The molecule has 0 atom stereocenters. The molecule has 281 valence electrons. The number of carbonyl (C=O) groups is 5. The minimum atomic E-state index is -2.12. The van der Waals surface area contributed by atoms with Crippen molar-refractivity contribution in [3.63, 3.8) is 0 Å². The van der Waals surface area contributed by atoms with Gasteiger partial charge in [-0.15, -0.1) is 0 Å². The smallest absolute Gasteiger partial charge is 0.550 e. The molecule has 0 aliphatic carbocycles. The Morgan fingerprint density at radius 1 is 0.519 bits per heavy atom. The zero-order chi connectivity index (χ0) is 38.1. The van der Waals surface area contributed by atoms with E-state index < -0.39 is 31.1 Å². The Bertz CT molecular complexity index is 1500. The Kier molecular flexibility index (Phi) is 24.3. The van der Waals surface area contributed by atoms with E-state index in [1.807, 2.05) is 12.1 Å². The van der Waals surface area contributed by atoms with Gasteiger partial charge in [-0.05, 0) is 73.5 Å². The number of ether oxygens (including phenoxy) is 1. The number of rotatable bonds is 14. The number of carboxylic acid groups (broad SMARTS) is 4. The second kappa shape index (κ2) is 26.8. The third kappa shape index (κ3) is 16.9. The second-order valence-electron chi connectivity index (χ2n) is 10.3. The number of nitrogens with one attached hydrogen (secondary N) is 2. The maximum Gasteiger partial charge on any atom is 2.00 e. The van der Waals surface area contributed by atoms with Crippen LogP contribution in [0.15, 0.2) is 115 Å². The molecule has 0 bridgehead atoms. The van der Waals surface area contributed by atoms with Gasteiger partial charge in [-0.25, -0.2) is 4.79 Å². The SMILES string of the molecule is CCC(=O)[O-].CCC(=O)[O-].COC(=O)c1ccc([P+](c2ccccc2)(c2ccccc2)c2ccccc2)cc1.O=C([O-])CNCCNCC(=O)[O-].[Cu+2]. The molecule has 0 spiro atoms. The monoisotopic (exact) mass is 780 g/mol. The minimum Gasteiger partial charge on any atom is -0.550 e. The Balaban J connectivity index is 0.000000937. The Morgan fingerprint density at radius 2 is 0.808 bits per heavy atom. The quantitative estimate of drug-likeness (QED) is 0.0619. The van der Waals surface area contributed by atoms with Crippen LogP contribution in [-0.4, -0.2) is 63.1 Å². The maximum absolute atomic E-state index is 12.0. The first-order valence-corrected chi connectivity index (χ1v) is 17.7. The Hall–Kier alpha value is -4.90. The van der Waals surface area contributed by atoms with Gasteiger partial charge in [0, 0.05) is 38.1 Å². The predicted octanol–water partition coefficient (Wildman–Crippen LogP) is -1.95. The second-order valence-corrected chi connectivity index (χ2v) is 13.7. The predicted molar refractivity (Wildman–Crippen MR) is 189 cm³/mol. The van der Waals surface area contributed by atoms with Crippen LogP contribution in [0.1, 0.15) is 37.0 Å². The molecule has 0 saturated heterocycles. The summed E-state index contributed by atoms with van der Waals surface area (Å²) in [4.78, 5) is 50.2. The first-order chi connectivity index (χ1) is 24.4. The fourth-order valence-electron chi connectivity index (χ4n) is 4.35. The molecule has 0 aliphatic rings. The molecule has 52 heavy (non-hydrogen) atoms. The van der Waals surface area contributed by atoms with Crippen LogP contribution in [0.4, 0.5) is 0 Å². The fraction of sp³-hybridized carbons (Fsp3) is 0.237. The molecule has 2 N–H and O–H groups in total. The molecular formula is C38H42CuN2O10P-. The van der Waals surface area contributed by atoms with Crippen molar-refractivity contribution < 1.29 is 66.2 Å². The van der Waals surface area contributed by atoms with E-state index >= 15 is 0 Å². The zero-order valence-corrected chi connectivity index (χ0v) is 30.9. The molecule has 0 aromatic heterocycles. The van der Waals surface area contributed by atoms with Crippen LogP contribution < -0.4 is 52.3 Å². The van der Waals surface area contributed by atoms with Gasteiger partial charge in [0.2, 0.25) is 0 Å². The number of esters is 1. The number of carboxylic acids is 4. The summed E-state index contributed by atoms with van der Waals surface area (Å²) in [5.74, 6) is -4.68. The summed E-state index contributed by atoms with van der Waals surface area (Å²) in [6, 6.07) is 39.9. The van der Waals surface area contributed by atoms with Crippen molar-refractivity contribution in [1.82, 2.24) is 10.6 Å². The number of carbonyl (C=O) groups excluding carboxylic acids is 5. The van der Waals surface area contributed by atoms with Crippen molar-refractivity contribution in [2.24, 2.45) is 0 Å². The number of hydrogen-bond acceptors (Lipinski definition) is 12. The van der Waals surface area contributed by atoms with Crippen molar-refractivity contribution in [1.29, 1.82) is 0 Å². The van der Waals surface area contributed by atoms with Crippen LogP contribution in [-0.2, 0) is 41.0 Å². The first-order valence-electron chi connectivity index (χ1n) is 15.9.